The van der Waals surface area contributed by atoms with E-state index < -0.39 is 0 Å². The summed E-state index contributed by atoms with van der Waals surface area (Å²) in [6.45, 7) is 4.74. The summed E-state index contributed by atoms with van der Waals surface area (Å²) in [6, 6.07) is 0. The topological polar surface area (TPSA) is 26.0 Å². The molecule has 0 unspecified atom stereocenters. The summed E-state index contributed by atoms with van der Waals surface area (Å²) >= 11 is 0. The standard InChI is InChI=1S/C5H11N.Ca.2H/c1-5(2)3-4-6;;;/h3H,4,6H2,1-2H3;;;. The summed E-state index contributed by atoms with van der Waals surface area (Å²) < 4.78 is 0. The van der Waals surface area contributed by atoms with Gasteiger partial charge in [-0.3, -0.25) is 0 Å². The third-order valence-corrected chi connectivity index (χ3v) is 0.526. The van der Waals surface area contributed by atoms with Gasteiger partial charge in [-0.15, -0.1) is 0 Å². The Labute approximate surface area is 75.0 Å². The van der Waals surface area contributed by atoms with Gasteiger partial charge in [0.2, 0.25) is 0 Å². The summed E-state index contributed by atoms with van der Waals surface area (Å²) in [5.41, 5.74) is 6.44. The second-order valence-corrected chi connectivity index (χ2v) is 1.52. The molecule has 0 amide bonds. The number of hydrogen-bond acceptors (Lipinski definition) is 1. The average Bonchev–Trinajstić information content (AvgIpc) is 1.35. The molecule has 1 nitrogen and oxygen atoms in total. The Balaban J connectivity index is 0. The molecule has 2 heteroatoms. The summed E-state index contributed by atoms with van der Waals surface area (Å²) in [5, 5.41) is 0. The van der Waals surface area contributed by atoms with Crippen LogP contribution in [0.5, 0.6) is 0 Å². The van der Waals surface area contributed by atoms with Gasteiger partial charge in [0.05, 0.1) is 0 Å². The normalized spacial score (nSPS) is 6.71. The first-order valence-electron chi connectivity index (χ1n) is 2.11. The van der Waals surface area contributed by atoms with E-state index in [0.717, 1.165) is 0 Å². The molecule has 0 aliphatic heterocycles. The molecule has 0 rings (SSSR count). The maximum atomic E-state index is 5.15. The number of nitrogens with two attached hydrogens (primary N) is 1. The predicted molar refractivity (Wildman–Crippen MR) is 37.0 cm³/mol. The predicted octanol–water partition coefficient (Wildman–Crippen LogP) is -0.00490. The van der Waals surface area contributed by atoms with Crippen LogP contribution in [0.2, 0.25) is 0 Å². The molecular weight excluding hydrogens is 114 g/mol. The van der Waals surface area contributed by atoms with Crippen LogP contribution in [0.1, 0.15) is 13.8 Å². The van der Waals surface area contributed by atoms with Crippen molar-refractivity contribution in [2.45, 2.75) is 13.8 Å². The Morgan fingerprint density at radius 3 is 2.00 bits per heavy atom. The van der Waals surface area contributed by atoms with E-state index in [4.69, 9.17) is 5.73 Å². The Bertz CT molecular complexity index is 55.1. The van der Waals surface area contributed by atoms with Crippen LogP contribution >= 0.6 is 0 Å². The number of allylic oxidation sites excluding steroid dienone is 1. The van der Waals surface area contributed by atoms with Crippen molar-refractivity contribution in [3.05, 3.63) is 11.6 Å². The fourth-order valence-corrected chi connectivity index (χ4v) is 0.236. The van der Waals surface area contributed by atoms with Gasteiger partial charge in [-0.05, 0) is 13.8 Å². The van der Waals surface area contributed by atoms with Crippen molar-refractivity contribution >= 4 is 37.7 Å². The van der Waals surface area contributed by atoms with Gasteiger partial charge < -0.3 is 5.73 Å². The Morgan fingerprint density at radius 1 is 1.57 bits per heavy atom. The third-order valence-electron chi connectivity index (χ3n) is 0.526. The first-order valence-corrected chi connectivity index (χ1v) is 2.11. The van der Waals surface area contributed by atoms with Crippen LogP contribution in [0.4, 0.5) is 0 Å². The van der Waals surface area contributed by atoms with Gasteiger partial charge in [-0.25, -0.2) is 0 Å². The van der Waals surface area contributed by atoms with E-state index in [-0.39, 0.29) is 37.7 Å². The fraction of sp³-hybridized carbons (Fsp3) is 0.600. The second-order valence-electron chi connectivity index (χ2n) is 1.52. The molecule has 0 spiro atoms. The average molecular weight is 127 g/mol. The molecule has 0 saturated heterocycles. The maximum absolute atomic E-state index is 5.15. The zero-order chi connectivity index (χ0) is 4.99. The van der Waals surface area contributed by atoms with Gasteiger partial charge >= 0.3 is 37.7 Å². The summed E-state index contributed by atoms with van der Waals surface area (Å²) in [5.74, 6) is 0. The van der Waals surface area contributed by atoms with E-state index in [9.17, 15) is 0 Å². The minimum atomic E-state index is 0. The quantitative estimate of drug-likeness (QED) is 0.389. The van der Waals surface area contributed by atoms with Crippen LogP contribution in [-0.4, -0.2) is 44.3 Å². The first-order chi connectivity index (χ1) is 2.77. The van der Waals surface area contributed by atoms with E-state index in [1.807, 2.05) is 19.9 Å². The summed E-state index contributed by atoms with van der Waals surface area (Å²) in [4.78, 5) is 0. The van der Waals surface area contributed by atoms with E-state index >= 15 is 0 Å². The van der Waals surface area contributed by atoms with Crippen molar-refractivity contribution < 1.29 is 0 Å². The zero-order valence-corrected chi connectivity index (χ0v) is 4.36. The summed E-state index contributed by atoms with van der Waals surface area (Å²) in [7, 11) is 0. The molecule has 7 heavy (non-hydrogen) atoms. The number of hydrogen-bond donors (Lipinski definition) is 1. The Hall–Kier alpha value is 0.960. The molecule has 0 aliphatic rings. The molecule has 0 saturated carbocycles. The van der Waals surface area contributed by atoms with Crippen LogP contribution < -0.4 is 5.73 Å². The zero-order valence-electron chi connectivity index (χ0n) is 4.36. The molecule has 0 radical (unpaired) electrons. The SMILES string of the molecule is CC(C)=CCN.[CaH2]. The van der Waals surface area contributed by atoms with Crippen LogP contribution in [0.15, 0.2) is 11.6 Å². The van der Waals surface area contributed by atoms with Crippen molar-refractivity contribution in [2.75, 3.05) is 6.54 Å². The molecule has 2 N–H and O–H groups in total. The molecule has 0 aromatic heterocycles. The van der Waals surface area contributed by atoms with Crippen molar-refractivity contribution in [3.8, 4) is 0 Å². The third kappa shape index (κ3) is 10.9. The van der Waals surface area contributed by atoms with Gasteiger partial charge in [-0.1, -0.05) is 11.6 Å². The van der Waals surface area contributed by atoms with E-state index in [2.05, 4.69) is 0 Å². The van der Waals surface area contributed by atoms with Crippen LogP contribution in [0.3, 0.4) is 0 Å². The van der Waals surface area contributed by atoms with Crippen LogP contribution in [0.25, 0.3) is 0 Å². The van der Waals surface area contributed by atoms with E-state index in [0.29, 0.717) is 6.54 Å². The van der Waals surface area contributed by atoms with Crippen molar-refractivity contribution in [2.24, 2.45) is 5.73 Å². The Morgan fingerprint density at radius 2 is 2.00 bits per heavy atom. The second kappa shape index (κ2) is 6.96. The molecule has 0 atom stereocenters. The molecule has 0 aromatic rings. The molecular formula is C5H13CaN. The first kappa shape index (κ1) is 10.9. The van der Waals surface area contributed by atoms with Gasteiger partial charge in [0.15, 0.2) is 0 Å². The Kier molecular flexibility index (Phi) is 10.8. The van der Waals surface area contributed by atoms with Crippen molar-refractivity contribution in [1.82, 2.24) is 0 Å². The molecule has 0 aliphatic carbocycles. The molecule has 0 fully saturated rings. The molecule has 40 valence electrons. The van der Waals surface area contributed by atoms with Crippen molar-refractivity contribution in [3.63, 3.8) is 0 Å². The summed E-state index contributed by atoms with van der Waals surface area (Å²) in [6.07, 6.45) is 1.99. The van der Waals surface area contributed by atoms with Gasteiger partial charge in [-0.2, -0.15) is 0 Å². The van der Waals surface area contributed by atoms with Gasteiger partial charge in [0.25, 0.3) is 0 Å². The monoisotopic (exact) mass is 127 g/mol. The molecule has 0 aromatic carbocycles. The van der Waals surface area contributed by atoms with Gasteiger partial charge in [0, 0.05) is 6.54 Å². The molecule has 0 bridgehead atoms. The molecule has 0 heterocycles. The van der Waals surface area contributed by atoms with Crippen molar-refractivity contribution in [1.29, 1.82) is 0 Å². The van der Waals surface area contributed by atoms with E-state index in [1.165, 1.54) is 5.57 Å². The van der Waals surface area contributed by atoms with E-state index in [1.54, 1.807) is 0 Å². The minimum absolute atomic E-state index is 0. The number of rotatable bonds is 1. The van der Waals surface area contributed by atoms with Crippen LogP contribution in [0, 0.1) is 0 Å². The fourth-order valence-electron chi connectivity index (χ4n) is 0.236. The van der Waals surface area contributed by atoms with Gasteiger partial charge in [0.1, 0.15) is 0 Å². The van der Waals surface area contributed by atoms with Crippen LogP contribution in [-0.2, 0) is 0 Å².